The molecule has 10 heteroatoms. The van der Waals surface area contributed by atoms with Crippen molar-refractivity contribution in [1.82, 2.24) is 0 Å². The van der Waals surface area contributed by atoms with E-state index in [1.807, 2.05) is 158 Å². The molecule has 0 radical (unpaired) electrons. The van der Waals surface area contributed by atoms with Crippen LogP contribution in [0.1, 0.15) is 47.6 Å². The summed E-state index contributed by atoms with van der Waals surface area (Å²) in [7, 11) is 0. The van der Waals surface area contributed by atoms with Crippen LogP contribution < -0.4 is 19.8 Å². The van der Waals surface area contributed by atoms with Crippen molar-refractivity contribution >= 4 is 11.0 Å². The Morgan fingerprint density at radius 1 is 0.530 bits per heavy atom. The number of benzene rings is 6. The van der Waals surface area contributed by atoms with Crippen LogP contribution in [0.3, 0.4) is 0 Å². The number of rotatable bonds is 23. The van der Waals surface area contributed by atoms with E-state index in [4.69, 9.17) is 42.3 Å². The van der Waals surface area contributed by atoms with Crippen LogP contribution in [-0.4, -0.2) is 43.9 Å². The van der Waals surface area contributed by atoms with E-state index < -0.39 is 36.3 Å². The lowest BCUT2D eigenvalue weighted by atomic mass is 9.97. The smallest absolute Gasteiger partial charge is 0.383 e. The van der Waals surface area contributed by atoms with E-state index in [2.05, 4.69) is 13.0 Å². The molecule has 6 aromatic carbocycles. The average Bonchev–Trinajstić information content (AvgIpc) is 3.36. The fourth-order valence-electron chi connectivity index (χ4n) is 7.70. The molecule has 0 N–H and O–H groups in total. The molecule has 7 aromatic rings. The zero-order chi connectivity index (χ0) is 45.2. The van der Waals surface area contributed by atoms with E-state index in [1.165, 1.54) is 0 Å². The van der Waals surface area contributed by atoms with Crippen molar-refractivity contribution in [1.29, 1.82) is 0 Å². The molecule has 5 atom stereocenters. The molecule has 10 nitrogen and oxygen atoms in total. The molecule has 1 aliphatic rings. The highest BCUT2D eigenvalue weighted by molar-refractivity contribution is 5.86. The van der Waals surface area contributed by atoms with Crippen molar-refractivity contribution < 1.29 is 42.3 Å². The fourth-order valence-corrected chi connectivity index (χ4v) is 7.70. The van der Waals surface area contributed by atoms with Gasteiger partial charge in [-0.1, -0.05) is 171 Å². The Morgan fingerprint density at radius 2 is 1.05 bits per heavy atom. The van der Waals surface area contributed by atoms with E-state index in [0.717, 1.165) is 34.2 Å². The first kappa shape index (κ1) is 46.0. The minimum atomic E-state index is -1.03. The van der Waals surface area contributed by atoms with Crippen LogP contribution >= 0.6 is 0 Å². The predicted octanol–water partition coefficient (Wildman–Crippen LogP) is 11.2. The SMILES string of the molecule is CC/C=C/CCOc1c(OCc2ccccc2)c2ccc(O[C@H]3O[C@H](COCc4ccccc4)[C@@H](OCc4ccccc4)[C@H](OCc4ccccc4)[C@@H]3OCc3ccccc3)cc2oc1=O. The Morgan fingerprint density at radius 3 is 1.61 bits per heavy atom. The summed E-state index contributed by atoms with van der Waals surface area (Å²) in [5.41, 5.74) is 4.49. The van der Waals surface area contributed by atoms with Crippen molar-refractivity contribution in [3.63, 3.8) is 0 Å². The van der Waals surface area contributed by atoms with Gasteiger partial charge in [0.05, 0.1) is 45.0 Å². The van der Waals surface area contributed by atoms with Crippen molar-refractivity contribution in [2.24, 2.45) is 0 Å². The van der Waals surface area contributed by atoms with E-state index in [1.54, 1.807) is 18.2 Å². The molecular weight excluding hydrogens is 833 g/mol. The number of allylic oxidation sites excluding steroid dienone is 1. The van der Waals surface area contributed by atoms with Crippen LogP contribution in [0.5, 0.6) is 17.2 Å². The second-order valence-electron chi connectivity index (χ2n) is 15.9. The van der Waals surface area contributed by atoms with Gasteiger partial charge in [-0.2, -0.15) is 0 Å². The maximum atomic E-state index is 13.7. The highest BCUT2D eigenvalue weighted by atomic mass is 16.7. The van der Waals surface area contributed by atoms with Crippen molar-refractivity contribution in [2.45, 2.75) is 83.5 Å². The molecule has 1 fully saturated rings. The van der Waals surface area contributed by atoms with Gasteiger partial charge in [-0.05, 0) is 52.8 Å². The van der Waals surface area contributed by atoms with Gasteiger partial charge >= 0.3 is 5.63 Å². The zero-order valence-corrected chi connectivity index (χ0v) is 37.2. The molecule has 1 aromatic heterocycles. The Labute approximate surface area is 386 Å². The summed E-state index contributed by atoms with van der Waals surface area (Å²) in [5.74, 6) is 0.670. The molecular formula is C56H56O10. The van der Waals surface area contributed by atoms with Gasteiger partial charge in [0, 0.05) is 6.07 Å². The molecule has 0 unspecified atom stereocenters. The first-order valence-electron chi connectivity index (χ1n) is 22.6. The molecule has 0 bridgehead atoms. The average molecular weight is 889 g/mol. The van der Waals surface area contributed by atoms with Crippen LogP contribution in [-0.2, 0) is 56.7 Å². The van der Waals surface area contributed by atoms with Crippen molar-refractivity contribution in [3.05, 3.63) is 220 Å². The van der Waals surface area contributed by atoms with Gasteiger partial charge in [-0.3, -0.25) is 0 Å². The van der Waals surface area contributed by atoms with Crippen LogP contribution in [0.4, 0.5) is 0 Å². The van der Waals surface area contributed by atoms with Gasteiger partial charge in [0.2, 0.25) is 12.0 Å². The highest BCUT2D eigenvalue weighted by Gasteiger charge is 2.50. The second kappa shape index (κ2) is 24.1. The first-order valence-corrected chi connectivity index (χ1v) is 22.6. The largest absolute Gasteiger partial charge is 0.484 e. The molecule has 0 spiro atoms. The maximum absolute atomic E-state index is 13.7. The quantitative estimate of drug-likeness (QED) is 0.0350. The molecule has 2 heterocycles. The monoisotopic (exact) mass is 888 g/mol. The highest BCUT2D eigenvalue weighted by Crippen LogP contribution is 2.37. The number of ether oxygens (including phenoxy) is 8. The summed E-state index contributed by atoms with van der Waals surface area (Å²) in [6, 6.07) is 54.9. The third kappa shape index (κ3) is 12.8. The summed E-state index contributed by atoms with van der Waals surface area (Å²) in [6.07, 6.45) is 1.75. The van der Waals surface area contributed by atoms with Gasteiger partial charge in [0.1, 0.15) is 42.4 Å². The Kier molecular flexibility index (Phi) is 16.8. The van der Waals surface area contributed by atoms with Crippen LogP contribution in [0, 0.1) is 0 Å². The van der Waals surface area contributed by atoms with E-state index in [0.29, 0.717) is 30.8 Å². The van der Waals surface area contributed by atoms with E-state index in [-0.39, 0.29) is 50.1 Å². The molecule has 0 aliphatic carbocycles. The van der Waals surface area contributed by atoms with Gasteiger partial charge in [0.25, 0.3) is 0 Å². The molecule has 340 valence electrons. The standard InChI is InChI=1S/C56H56O10/c1-2-3-4-20-33-59-53-50(60-36-42-23-12-6-13-24-42)47-32-31-46(34-48(47)65-55(53)57)64-56-54(63-39-45-29-18-9-19-30-45)52(62-38-44-27-16-8-17-28-44)51(61-37-43-25-14-7-15-26-43)49(66-56)40-58-35-41-21-10-5-11-22-41/h3-19,21-32,34,49,51-52,54,56H,2,20,33,35-40H2,1H3/b4-3+/t49-,51-,52+,54+,56+/m1/s1. The van der Waals surface area contributed by atoms with Gasteiger partial charge in [-0.15, -0.1) is 0 Å². The third-order valence-electron chi connectivity index (χ3n) is 11.0. The summed E-state index contributed by atoms with van der Waals surface area (Å²) in [6.45, 7) is 3.90. The molecule has 0 amide bonds. The zero-order valence-electron chi connectivity index (χ0n) is 37.2. The van der Waals surface area contributed by atoms with Crippen LogP contribution in [0.15, 0.2) is 191 Å². The lowest BCUT2D eigenvalue weighted by Gasteiger charge is -2.45. The second-order valence-corrected chi connectivity index (χ2v) is 15.9. The van der Waals surface area contributed by atoms with E-state index >= 15 is 0 Å². The Balaban J connectivity index is 1.14. The van der Waals surface area contributed by atoms with Crippen molar-refractivity contribution in [2.75, 3.05) is 13.2 Å². The van der Waals surface area contributed by atoms with Gasteiger partial charge in [0.15, 0.2) is 5.75 Å². The maximum Gasteiger partial charge on any atom is 0.383 e. The molecule has 8 rings (SSSR count). The topological polar surface area (TPSA) is 104 Å². The normalized spacial score (nSPS) is 18.3. The van der Waals surface area contributed by atoms with E-state index in [9.17, 15) is 4.79 Å². The number of hydrogen-bond donors (Lipinski definition) is 0. The Hall–Kier alpha value is -6.53. The minimum Gasteiger partial charge on any atom is -0.484 e. The third-order valence-corrected chi connectivity index (χ3v) is 11.0. The van der Waals surface area contributed by atoms with Crippen LogP contribution in [0.25, 0.3) is 11.0 Å². The first-order chi connectivity index (χ1) is 32.6. The summed E-state index contributed by atoms with van der Waals surface area (Å²) >= 11 is 0. The van der Waals surface area contributed by atoms with Crippen molar-refractivity contribution in [3.8, 4) is 17.2 Å². The lowest BCUT2D eigenvalue weighted by molar-refractivity contribution is -0.310. The number of fused-ring (bicyclic) bond motifs is 1. The summed E-state index contributed by atoms with van der Waals surface area (Å²) < 4.78 is 59.0. The molecule has 0 saturated carbocycles. The minimum absolute atomic E-state index is 0.0142. The summed E-state index contributed by atoms with van der Waals surface area (Å²) in [4.78, 5) is 13.7. The van der Waals surface area contributed by atoms with Gasteiger partial charge < -0.3 is 42.3 Å². The molecule has 66 heavy (non-hydrogen) atoms. The summed E-state index contributed by atoms with van der Waals surface area (Å²) in [5, 5.41) is 0.545. The molecule has 1 aliphatic heterocycles. The number of hydrogen-bond acceptors (Lipinski definition) is 10. The fraction of sp³-hybridized carbons (Fsp3) is 0.268. The predicted molar refractivity (Wildman–Crippen MR) is 253 cm³/mol. The molecule has 1 saturated heterocycles. The van der Waals surface area contributed by atoms with Crippen LogP contribution in [0.2, 0.25) is 0 Å². The lowest BCUT2D eigenvalue weighted by Crippen LogP contribution is -2.62. The van der Waals surface area contributed by atoms with Gasteiger partial charge in [-0.25, -0.2) is 4.79 Å². The Bertz CT molecular complexity index is 2590.